The molecular formula is C11H11N3O4. The minimum atomic E-state index is -0.683. The minimum absolute atomic E-state index is 0.00367. The van der Waals surface area contributed by atoms with Gasteiger partial charge < -0.3 is 9.15 Å². The number of nitrogens with one attached hydrogen (secondary N) is 1. The zero-order chi connectivity index (χ0) is 13.1. The molecule has 7 heteroatoms. The van der Waals surface area contributed by atoms with Crippen molar-refractivity contribution in [3.05, 3.63) is 45.5 Å². The smallest absolute Gasteiger partial charge is 0.376 e. The number of ether oxygens (including phenoxy) is 1. The number of nitrogens with zero attached hydrogens (tertiary/aromatic N) is 2. The fourth-order valence-electron chi connectivity index (χ4n) is 1.29. The molecule has 0 atom stereocenters. The molecule has 0 aliphatic rings. The highest BCUT2D eigenvalue weighted by Gasteiger charge is 2.14. The van der Waals surface area contributed by atoms with Crippen molar-refractivity contribution in [1.29, 1.82) is 0 Å². The van der Waals surface area contributed by atoms with Crippen molar-refractivity contribution in [3.63, 3.8) is 0 Å². The molecule has 94 valence electrons. The molecule has 2 heterocycles. The number of carbonyl (C=O) groups is 1. The van der Waals surface area contributed by atoms with Crippen molar-refractivity contribution in [1.82, 2.24) is 15.2 Å². The molecule has 0 fully saturated rings. The van der Waals surface area contributed by atoms with Gasteiger partial charge in [0.05, 0.1) is 6.20 Å². The van der Waals surface area contributed by atoms with E-state index in [9.17, 15) is 9.59 Å². The Kier molecular flexibility index (Phi) is 3.22. The lowest BCUT2D eigenvalue weighted by Gasteiger charge is -2.01. The summed E-state index contributed by atoms with van der Waals surface area (Å²) in [4.78, 5) is 26.8. The van der Waals surface area contributed by atoms with E-state index in [-0.39, 0.29) is 23.5 Å². The normalized spacial score (nSPS) is 10.3. The number of oxazole rings is 1. The lowest BCUT2D eigenvalue weighted by Crippen LogP contribution is -2.16. The first-order chi connectivity index (χ1) is 8.56. The molecule has 0 bridgehead atoms. The second-order valence-corrected chi connectivity index (χ2v) is 3.68. The van der Waals surface area contributed by atoms with Crippen LogP contribution in [0.15, 0.2) is 21.5 Å². The average Bonchev–Trinajstić information content (AvgIpc) is 2.74. The van der Waals surface area contributed by atoms with Crippen molar-refractivity contribution in [2.45, 2.75) is 20.5 Å². The van der Waals surface area contributed by atoms with Gasteiger partial charge in [0, 0.05) is 18.7 Å². The van der Waals surface area contributed by atoms with Crippen LogP contribution >= 0.6 is 0 Å². The summed E-state index contributed by atoms with van der Waals surface area (Å²) in [6.07, 6.45) is 1.27. The first kappa shape index (κ1) is 12.0. The van der Waals surface area contributed by atoms with Gasteiger partial charge in [-0.2, -0.15) is 5.10 Å². The van der Waals surface area contributed by atoms with E-state index in [1.807, 2.05) is 0 Å². The third kappa shape index (κ3) is 2.62. The molecule has 0 spiro atoms. The fourth-order valence-corrected chi connectivity index (χ4v) is 1.29. The zero-order valence-electron chi connectivity index (χ0n) is 9.89. The molecule has 0 aliphatic heterocycles. The summed E-state index contributed by atoms with van der Waals surface area (Å²) in [5.41, 5.74) is 0.485. The number of hydrogen-bond donors (Lipinski definition) is 1. The van der Waals surface area contributed by atoms with Gasteiger partial charge in [-0.15, -0.1) is 0 Å². The number of hydrogen-bond acceptors (Lipinski definition) is 6. The van der Waals surface area contributed by atoms with Gasteiger partial charge in [-0.05, 0) is 6.92 Å². The monoisotopic (exact) mass is 249 g/mol. The Labute approximate surface area is 102 Å². The summed E-state index contributed by atoms with van der Waals surface area (Å²) in [6, 6.07) is 1.38. The van der Waals surface area contributed by atoms with Gasteiger partial charge in [-0.3, -0.25) is 9.89 Å². The van der Waals surface area contributed by atoms with E-state index >= 15 is 0 Å². The summed E-state index contributed by atoms with van der Waals surface area (Å²) in [7, 11) is 0. The van der Waals surface area contributed by atoms with Crippen molar-refractivity contribution < 1.29 is 13.9 Å². The molecule has 0 radical (unpaired) electrons. The SMILES string of the molecule is Cc1cc(=O)c(COC(=O)c2cnc(C)o2)n[nH]1. The van der Waals surface area contributed by atoms with E-state index in [0.717, 1.165) is 0 Å². The number of H-pyrrole nitrogens is 1. The first-order valence-electron chi connectivity index (χ1n) is 5.21. The Morgan fingerprint density at radius 1 is 1.50 bits per heavy atom. The van der Waals surface area contributed by atoms with Crippen LogP contribution < -0.4 is 5.43 Å². The van der Waals surface area contributed by atoms with E-state index in [0.29, 0.717) is 11.6 Å². The lowest BCUT2D eigenvalue weighted by molar-refractivity contribution is 0.0427. The van der Waals surface area contributed by atoms with E-state index in [2.05, 4.69) is 15.2 Å². The van der Waals surface area contributed by atoms with Crippen molar-refractivity contribution in [2.24, 2.45) is 0 Å². The van der Waals surface area contributed by atoms with Crippen LogP contribution in [0.25, 0.3) is 0 Å². The molecule has 2 aromatic heterocycles. The topological polar surface area (TPSA) is 98.1 Å². The molecule has 0 aromatic carbocycles. The Morgan fingerprint density at radius 3 is 2.89 bits per heavy atom. The van der Waals surface area contributed by atoms with E-state index in [4.69, 9.17) is 9.15 Å². The fraction of sp³-hybridized carbons (Fsp3) is 0.273. The molecule has 2 rings (SSSR count). The van der Waals surface area contributed by atoms with Crippen LogP contribution in [0.3, 0.4) is 0 Å². The van der Waals surface area contributed by atoms with Gasteiger partial charge in [-0.1, -0.05) is 0 Å². The Morgan fingerprint density at radius 2 is 2.28 bits per heavy atom. The van der Waals surface area contributed by atoms with Crippen LogP contribution in [0.5, 0.6) is 0 Å². The summed E-state index contributed by atoms with van der Waals surface area (Å²) in [5, 5.41) is 6.42. The van der Waals surface area contributed by atoms with Gasteiger partial charge in [0.2, 0.25) is 11.2 Å². The molecule has 1 N–H and O–H groups in total. The highest BCUT2D eigenvalue weighted by Crippen LogP contribution is 2.05. The molecular weight excluding hydrogens is 238 g/mol. The molecule has 18 heavy (non-hydrogen) atoms. The van der Waals surface area contributed by atoms with Crippen LogP contribution in [-0.2, 0) is 11.3 Å². The average molecular weight is 249 g/mol. The number of carbonyl (C=O) groups excluding carboxylic acids is 1. The maximum atomic E-state index is 11.5. The van der Waals surface area contributed by atoms with Crippen molar-refractivity contribution in [2.75, 3.05) is 0 Å². The summed E-state index contributed by atoms with van der Waals surface area (Å²) >= 11 is 0. The molecule has 0 amide bonds. The second-order valence-electron chi connectivity index (χ2n) is 3.68. The number of aromatic nitrogens is 3. The predicted octanol–water partition coefficient (Wildman–Crippen LogP) is 0.732. The van der Waals surface area contributed by atoms with Gasteiger partial charge in [0.25, 0.3) is 0 Å². The maximum Gasteiger partial charge on any atom is 0.376 e. The molecule has 7 nitrogen and oxygen atoms in total. The molecule has 2 aromatic rings. The lowest BCUT2D eigenvalue weighted by atomic mass is 10.3. The van der Waals surface area contributed by atoms with Crippen LogP contribution in [0.2, 0.25) is 0 Å². The predicted molar refractivity (Wildman–Crippen MR) is 60.0 cm³/mol. The highest BCUT2D eigenvalue weighted by molar-refractivity contribution is 5.85. The standard InChI is InChI=1S/C11H11N3O4/c1-6-3-9(15)8(14-13-6)5-17-11(16)10-4-12-7(2)18-10/h3-4H,5H2,1-2H3,(H,13,15). The van der Waals surface area contributed by atoms with Crippen LogP contribution in [0.4, 0.5) is 0 Å². The van der Waals surface area contributed by atoms with Gasteiger partial charge in [0.15, 0.2) is 5.89 Å². The van der Waals surface area contributed by atoms with Gasteiger partial charge in [-0.25, -0.2) is 9.78 Å². The summed E-state index contributed by atoms with van der Waals surface area (Å²) in [6.45, 7) is 3.11. The Bertz CT molecular complexity index is 629. The number of aryl methyl sites for hydroxylation is 2. The highest BCUT2D eigenvalue weighted by atomic mass is 16.5. The first-order valence-corrected chi connectivity index (χ1v) is 5.21. The summed E-state index contributed by atoms with van der Waals surface area (Å²) in [5.74, 6) is -0.318. The molecule has 0 saturated carbocycles. The third-order valence-electron chi connectivity index (χ3n) is 2.16. The second kappa shape index (κ2) is 4.82. The van der Waals surface area contributed by atoms with Gasteiger partial charge in [0.1, 0.15) is 12.3 Å². The van der Waals surface area contributed by atoms with Crippen molar-refractivity contribution in [3.8, 4) is 0 Å². The van der Waals surface area contributed by atoms with E-state index < -0.39 is 5.97 Å². The number of esters is 1. The molecule has 0 aliphatic carbocycles. The third-order valence-corrected chi connectivity index (χ3v) is 2.16. The Hall–Kier alpha value is -2.44. The molecule has 0 unspecified atom stereocenters. The quantitative estimate of drug-likeness (QED) is 0.805. The van der Waals surface area contributed by atoms with Crippen LogP contribution in [-0.4, -0.2) is 21.2 Å². The van der Waals surface area contributed by atoms with Gasteiger partial charge >= 0.3 is 5.97 Å². The number of rotatable bonds is 3. The number of aromatic amines is 1. The van der Waals surface area contributed by atoms with Crippen LogP contribution in [0, 0.1) is 13.8 Å². The Balaban J connectivity index is 2.03. The minimum Gasteiger partial charge on any atom is -0.453 e. The summed E-state index contributed by atoms with van der Waals surface area (Å²) < 4.78 is 9.88. The van der Waals surface area contributed by atoms with Crippen molar-refractivity contribution >= 4 is 5.97 Å². The molecule has 0 saturated heterocycles. The van der Waals surface area contributed by atoms with E-state index in [1.165, 1.54) is 12.3 Å². The largest absolute Gasteiger partial charge is 0.453 e. The zero-order valence-corrected chi connectivity index (χ0v) is 9.89. The maximum absolute atomic E-state index is 11.5. The van der Waals surface area contributed by atoms with Crippen LogP contribution in [0.1, 0.15) is 27.8 Å². The van der Waals surface area contributed by atoms with E-state index in [1.54, 1.807) is 13.8 Å².